The molecule has 0 saturated carbocycles. The maximum atomic E-state index is 13.4. The van der Waals surface area contributed by atoms with Gasteiger partial charge in [-0.2, -0.15) is 0 Å². The van der Waals surface area contributed by atoms with Crippen molar-refractivity contribution in [2.45, 2.75) is 19.4 Å². The Morgan fingerprint density at radius 3 is 2.74 bits per heavy atom. The molecule has 3 nitrogen and oxygen atoms in total. The lowest BCUT2D eigenvalue weighted by atomic mass is 10.00. The van der Waals surface area contributed by atoms with E-state index < -0.39 is 0 Å². The second-order valence-electron chi connectivity index (χ2n) is 6.24. The number of hydrogen-bond acceptors (Lipinski definition) is 3. The molecule has 4 heteroatoms. The topological polar surface area (TPSA) is 24.5 Å². The van der Waals surface area contributed by atoms with E-state index in [0.717, 1.165) is 49.5 Å². The maximum absolute atomic E-state index is 13.4. The maximum Gasteiger partial charge on any atom is 0.142 e. The fourth-order valence-electron chi connectivity index (χ4n) is 3.46. The van der Waals surface area contributed by atoms with Gasteiger partial charge in [-0.1, -0.05) is 12.1 Å². The van der Waals surface area contributed by atoms with E-state index in [1.165, 1.54) is 17.2 Å². The molecular formula is C19H21FN2O. The van der Waals surface area contributed by atoms with E-state index >= 15 is 0 Å². The smallest absolute Gasteiger partial charge is 0.142 e. The highest BCUT2D eigenvalue weighted by molar-refractivity contribution is 5.63. The average Bonchev–Trinajstić information content (AvgIpc) is 2.78. The van der Waals surface area contributed by atoms with Gasteiger partial charge in [-0.05, 0) is 66.9 Å². The van der Waals surface area contributed by atoms with Crippen LogP contribution in [0.15, 0.2) is 36.4 Å². The molecular weight excluding hydrogens is 291 g/mol. The summed E-state index contributed by atoms with van der Waals surface area (Å²) in [6.45, 7) is 4.28. The molecule has 0 fully saturated rings. The lowest BCUT2D eigenvalue weighted by molar-refractivity contribution is 0.306. The molecule has 0 aliphatic carbocycles. The van der Waals surface area contributed by atoms with Crippen molar-refractivity contribution < 1.29 is 9.13 Å². The van der Waals surface area contributed by atoms with Crippen LogP contribution >= 0.6 is 0 Å². The number of nitrogens with zero attached hydrogens (tertiary/aromatic N) is 1. The lowest BCUT2D eigenvalue weighted by Gasteiger charge is -2.32. The first-order chi connectivity index (χ1) is 11.3. The van der Waals surface area contributed by atoms with E-state index in [1.54, 1.807) is 12.1 Å². The zero-order valence-electron chi connectivity index (χ0n) is 13.1. The van der Waals surface area contributed by atoms with Gasteiger partial charge in [-0.15, -0.1) is 0 Å². The Kier molecular flexibility index (Phi) is 3.92. The number of nitrogens with one attached hydrogen (secondary N) is 1. The molecule has 0 aromatic heterocycles. The Balaban J connectivity index is 1.66. The molecule has 2 heterocycles. The van der Waals surface area contributed by atoms with Crippen molar-refractivity contribution in [1.29, 1.82) is 0 Å². The highest BCUT2D eigenvalue weighted by Crippen LogP contribution is 2.36. The number of rotatable bonds is 2. The summed E-state index contributed by atoms with van der Waals surface area (Å²) in [5.74, 6) is 0.789. The van der Waals surface area contributed by atoms with Crippen molar-refractivity contribution >= 4 is 5.69 Å². The number of anilines is 1. The van der Waals surface area contributed by atoms with Crippen LogP contribution < -0.4 is 15.0 Å². The van der Waals surface area contributed by atoms with Crippen LogP contribution in [0.3, 0.4) is 0 Å². The average molecular weight is 312 g/mol. The molecule has 0 atom stereocenters. The van der Waals surface area contributed by atoms with Gasteiger partial charge in [0.15, 0.2) is 0 Å². The van der Waals surface area contributed by atoms with Crippen LogP contribution in [0.4, 0.5) is 10.1 Å². The zero-order chi connectivity index (χ0) is 15.6. The molecule has 120 valence electrons. The fraction of sp³-hybridized carbons (Fsp3) is 0.368. The lowest BCUT2D eigenvalue weighted by Crippen LogP contribution is -2.32. The minimum atomic E-state index is -0.177. The van der Waals surface area contributed by atoms with Gasteiger partial charge >= 0.3 is 0 Å². The number of hydrogen-bond donors (Lipinski definition) is 1. The predicted octanol–water partition coefficient (Wildman–Crippen LogP) is 2.91. The third-order valence-corrected chi connectivity index (χ3v) is 4.65. The summed E-state index contributed by atoms with van der Waals surface area (Å²) in [7, 11) is 0. The molecule has 2 aromatic rings. The van der Waals surface area contributed by atoms with E-state index in [-0.39, 0.29) is 5.82 Å². The van der Waals surface area contributed by atoms with Crippen molar-refractivity contribution in [3.05, 3.63) is 58.9 Å². The molecule has 2 aromatic carbocycles. The van der Waals surface area contributed by atoms with E-state index in [1.807, 2.05) is 6.07 Å². The van der Waals surface area contributed by atoms with Crippen molar-refractivity contribution in [2.75, 3.05) is 31.1 Å². The molecule has 0 radical (unpaired) electrons. The third-order valence-electron chi connectivity index (χ3n) is 4.65. The summed E-state index contributed by atoms with van der Waals surface area (Å²) < 4.78 is 19.3. The molecule has 0 amide bonds. The van der Waals surface area contributed by atoms with Gasteiger partial charge in [0.2, 0.25) is 0 Å². The Labute approximate surface area is 136 Å². The van der Waals surface area contributed by atoms with Gasteiger partial charge in [0, 0.05) is 6.54 Å². The quantitative estimate of drug-likeness (QED) is 0.923. The van der Waals surface area contributed by atoms with Gasteiger partial charge in [0.05, 0.1) is 12.2 Å². The van der Waals surface area contributed by atoms with Crippen LogP contribution in [0.1, 0.15) is 16.7 Å². The third kappa shape index (κ3) is 3.04. The van der Waals surface area contributed by atoms with Crippen LogP contribution in [0.5, 0.6) is 5.75 Å². The zero-order valence-corrected chi connectivity index (χ0v) is 13.1. The number of benzene rings is 2. The first-order valence-electron chi connectivity index (χ1n) is 8.28. The van der Waals surface area contributed by atoms with E-state index in [2.05, 4.69) is 22.3 Å². The second kappa shape index (κ2) is 6.20. The molecule has 4 rings (SSSR count). The summed E-state index contributed by atoms with van der Waals surface area (Å²) in [5, 5.41) is 3.45. The van der Waals surface area contributed by atoms with Crippen LogP contribution in [-0.4, -0.2) is 26.2 Å². The minimum Gasteiger partial charge on any atom is -0.490 e. The SMILES string of the molecule is Fc1cccc(CN2CCOc3cc4c(cc32)CCNCC4)c1. The van der Waals surface area contributed by atoms with Crippen molar-refractivity contribution in [1.82, 2.24) is 5.32 Å². The van der Waals surface area contributed by atoms with Crippen LogP contribution in [0.2, 0.25) is 0 Å². The molecule has 0 bridgehead atoms. The monoisotopic (exact) mass is 312 g/mol. The highest BCUT2D eigenvalue weighted by atomic mass is 19.1. The van der Waals surface area contributed by atoms with Crippen molar-refractivity contribution in [3.63, 3.8) is 0 Å². The molecule has 2 aliphatic rings. The van der Waals surface area contributed by atoms with Gasteiger partial charge in [-0.25, -0.2) is 4.39 Å². The summed E-state index contributed by atoms with van der Waals surface area (Å²) in [6.07, 6.45) is 2.10. The minimum absolute atomic E-state index is 0.177. The molecule has 0 saturated heterocycles. The Bertz CT molecular complexity index is 717. The van der Waals surface area contributed by atoms with Gasteiger partial charge in [-0.3, -0.25) is 0 Å². The predicted molar refractivity (Wildman–Crippen MR) is 89.7 cm³/mol. The summed E-state index contributed by atoms with van der Waals surface area (Å²) in [6, 6.07) is 11.3. The standard InChI is InChI=1S/C19H21FN2O/c20-17-3-1-2-14(10-17)13-22-8-9-23-19-12-16-5-7-21-6-4-15(16)11-18(19)22/h1-3,10-12,21H,4-9,13H2. The number of halogens is 1. The fourth-order valence-corrected chi connectivity index (χ4v) is 3.46. The molecule has 23 heavy (non-hydrogen) atoms. The van der Waals surface area contributed by atoms with E-state index in [9.17, 15) is 4.39 Å². The molecule has 0 spiro atoms. The van der Waals surface area contributed by atoms with Crippen molar-refractivity contribution in [2.24, 2.45) is 0 Å². The highest BCUT2D eigenvalue weighted by Gasteiger charge is 2.21. The Hall–Kier alpha value is -2.07. The normalized spacial score (nSPS) is 17.0. The van der Waals surface area contributed by atoms with Gasteiger partial charge in [0.1, 0.15) is 18.2 Å². The first kappa shape index (κ1) is 14.5. The van der Waals surface area contributed by atoms with Crippen LogP contribution in [-0.2, 0) is 19.4 Å². The Morgan fingerprint density at radius 2 is 1.91 bits per heavy atom. The first-order valence-corrected chi connectivity index (χ1v) is 8.28. The van der Waals surface area contributed by atoms with Crippen molar-refractivity contribution in [3.8, 4) is 5.75 Å². The largest absolute Gasteiger partial charge is 0.490 e. The molecule has 0 unspecified atom stereocenters. The summed E-state index contributed by atoms with van der Waals surface area (Å²) in [5.41, 5.74) is 4.93. The Morgan fingerprint density at radius 1 is 1.09 bits per heavy atom. The summed E-state index contributed by atoms with van der Waals surface area (Å²) >= 11 is 0. The van der Waals surface area contributed by atoms with Crippen LogP contribution in [0.25, 0.3) is 0 Å². The summed E-state index contributed by atoms with van der Waals surface area (Å²) in [4.78, 5) is 2.30. The number of ether oxygens (including phenoxy) is 1. The molecule has 1 N–H and O–H groups in total. The second-order valence-corrected chi connectivity index (χ2v) is 6.24. The van der Waals surface area contributed by atoms with E-state index in [0.29, 0.717) is 13.2 Å². The molecule has 2 aliphatic heterocycles. The van der Waals surface area contributed by atoms with Gasteiger partial charge < -0.3 is 15.0 Å². The van der Waals surface area contributed by atoms with Gasteiger partial charge in [0.25, 0.3) is 0 Å². The van der Waals surface area contributed by atoms with Crippen LogP contribution in [0, 0.1) is 5.82 Å². The van der Waals surface area contributed by atoms with E-state index in [4.69, 9.17) is 4.74 Å². The number of fused-ring (bicyclic) bond motifs is 2.